The number of pyridine rings is 1. The number of nitrogens with zero attached hydrogens (tertiary/aromatic N) is 1. The Morgan fingerprint density at radius 3 is 2.08 bits per heavy atom. The van der Waals surface area contributed by atoms with E-state index >= 15 is 0 Å². The molecule has 2 heteroatoms. The van der Waals surface area contributed by atoms with Crippen LogP contribution in [0.15, 0.2) is 54.9 Å². The van der Waals surface area contributed by atoms with Gasteiger partial charge in [-0.3, -0.25) is 0 Å². The monoisotopic (exact) mass is 174 g/mol. The van der Waals surface area contributed by atoms with E-state index in [4.69, 9.17) is 0 Å². The maximum Gasteiger partial charge on any atom is 0.210 e. The van der Waals surface area contributed by atoms with Gasteiger partial charge >= 0.3 is 0 Å². The Morgan fingerprint density at radius 1 is 0.846 bits per heavy atom. The standard InChI is InChI=1S/C11H9FN/c12-10-4-6-11(7-5-10)13-8-2-1-3-9-13/h1-9H/q+1. The first-order valence-corrected chi connectivity index (χ1v) is 4.08. The second kappa shape index (κ2) is 3.35. The molecule has 0 saturated carbocycles. The third-order valence-electron chi connectivity index (χ3n) is 1.84. The molecule has 0 N–H and O–H groups in total. The molecule has 0 atom stereocenters. The first-order valence-electron chi connectivity index (χ1n) is 4.08. The third-order valence-corrected chi connectivity index (χ3v) is 1.84. The van der Waals surface area contributed by atoms with Crippen LogP contribution in [0.5, 0.6) is 0 Å². The number of halogens is 1. The number of hydrogen-bond donors (Lipinski definition) is 0. The molecule has 0 aliphatic rings. The summed E-state index contributed by atoms with van der Waals surface area (Å²) < 4.78 is 14.5. The van der Waals surface area contributed by atoms with Gasteiger partial charge in [0.25, 0.3) is 0 Å². The summed E-state index contributed by atoms with van der Waals surface area (Å²) in [5.41, 5.74) is 0.960. The van der Waals surface area contributed by atoms with Crippen LogP contribution in [-0.4, -0.2) is 0 Å². The Balaban J connectivity index is 2.42. The molecule has 1 heterocycles. The average molecular weight is 174 g/mol. The largest absolute Gasteiger partial charge is 0.210 e. The smallest absolute Gasteiger partial charge is 0.207 e. The highest BCUT2D eigenvalue weighted by Crippen LogP contribution is 2.01. The van der Waals surface area contributed by atoms with Gasteiger partial charge in [0.05, 0.1) is 0 Å². The predicted molar refractivity (Wildman–Crippen MR) is 47.9 cm³/mol. The first-order chi connectivity index (χ1) is 6.36. The Bertz CT molecular complexity index is 381. The van der Waals surface area contributed by atoms with Crippen LogP contribution in [0.4, 0.5) is 4.39 Å². The molecule has 13 heavy (non-hydrogen) atoms. The lowest BCUT2D eigenvalue weighted by atomic mass is 10.3. The van der Waals surface area contributed by atoms with Crippen molar-refractivity contribution in [2.45, 2.75) is 0 Å². The minimum Gasteiger partial charge on any atom is -0.207 e. The lowest BCUT2D eigenvalue weighted by molar-refractivity contribution is -0.595. The van der Waals surface area contributed by atoms with Crippen LogP contribution in [0.1, 0.15) is 0 Å². The van der Waals surface area contributed by atoms with E-state index in [9.17, 15) is 4.39 Å². The molecule has 1 aromatic carbocycles. The molecule has 0 saturated heterocycles. The van der Waals surface area contributed by atoms with Crippen molar-refractivity contribution >= 4 is 0 Å². The van der Waals surface area contributed by atoms with Crippen molar-refractivity contribution < 1.29 is 8.96 Å². The van der Waals surface area contributed by atoms with E-state index in [1.807, 2.05) is 35.2 Å². The Hall–Kier alpha value is -1.70. The molecule has 2 aromatic rings. The van der Waals surface area contributed by atoms with Crippen LogP contribution in [0.2, 0.25) is 0 Å². The van der Waals surface area contributed by atoms with Gasteiger partial charge in [0.1, 0.15) is 5.82 Å². The molecular formula is C11H9FN+. The van der Waals surface area contributed by atoms with Crippen molar-refractivity contribution in [2.24, 2.45) is 0 Å². The molecule has 1 aromatic heterocycles. The second-order valence-electron chi connectivity index (χ2n) is 2.76. The van der Waals surface area contributed by atoms with E-state index in [-0.39, 0.29) is 5.82 Å². The summed E-state index contributed by atoms with van der Waals surface area (Å²) in [7, 11) is 0. The fourth-order valence-corrected chi connectivity index (χ4v) is 1.18. The molecule has 0 spiro atoms. The Kier molecular flexibility index (Phi) is 2.04. The first kappa shape index (κ1) is 7.92. The van der Waals surface area contributed by atoms with Gasteiger partial charge in [-0.1, -0.05) is 6.07 Å². The summed E-state index contributed by atoms with van der Waals surface area (Å²) >= 11 is 0. The molecule has 0 amide bonds. The van der Waals surface area contributed by atoms with Gasteiger partial charge in [0.2, 0.25) is 5.69 Å². The fourth-order valence-electron chi connectivity index (χ4n) is 1.18. The van der Waals surface area contributed by atoms with Crippen molar-refractivity contribution in [1.29, 1.82) is 0 Å². The SMILES string of the molecule is Fc1ccc(-[n+]2ccccc2)cc1. The van der Waals surface area contributed by atoms with Gasteiger partial charge in [-0.15, -0.1) is 0 Å². The summed E-state index contributed by atoms with van der Waals surface area (Å²) in [4.78, 5) is 0. The molecule has 0 radical (unpaired) electrons. The van der Waals surface area contributed by atoms with Gasteiger partial charge in [-0.2, -0.15) is 4.57 Å². The molecule has 0 bridgehead atoms. The number of rotatable bonds is 1. The highest BCUT2D eigenvalue weighted by Gasteiger charge is 2.02. The minimum atomic E-state index is -0.208. The van der Waals surface area contributed by atoms with Crippen LogP contribution in [0, 0.1) is 5.82 Å². The van der Waals surface area contributed by atoms with Gasteiger partial charge in [0, 0.05) is 24.3 Å². The lowest BCUT2D eigenvalue weighted by Crippen LogP contribution is -2.28. The minimum absolute atomic E-state index is 0.208. The predicted octanol–water partition coefficient (Wildman–Crippen LogP) is 2.10. The molecular weight excluding hydrogens is 165 g/mol. The second-order valence-corrected chi connectivity index (χ2v) is 2.76. The van der Waals surface area contributed by atoms with Crippen molar-refractivity contribution in [1.82, 2.24) is 0 Å². The van der Waals surface area contributed by atoms with Crippen LogP contribution in [-0.2, 0) is 0 Å². The zero-order chi connectivity index (χ0) is 9.10. The fraction of sp³-hybridized carbons (Fsp3) is 0. The summed E-state index contributed by atoms with van der Waals surface area (Å²) in [6, 6.07) is 12.2. The van der Waals surface area contributed by atoms with Gasteiger partial charge < -0.3 is 0 Å². The van der Waals surface area contributed by atoms with E-state index in [1.165, 1.54) is 12.1 Å². The van der Waals surface area contributed by atoms with Crippen molar-refractivity contribution in [3.8, 4) is 5.69 Å². The van der Waals surface area contributed by atoms with E-state index in [0.29, 0.717) is 0 Å². The highest BCUT2D eigenvalue weighted by molar-refractivity contribution is 5.22. The maximum absolute atomic E-state index is 12.6. The number of hydrogen-bond acceptors (Lipinski definition) is 0. The van der Waals surface area contributed by atoms with Gasteiger partial charge in [-0.25, -0.2) is 4.39 Å². The number of aromatic nitrogens is 1. The Labute approximate surface area is 76.1 Å². The van der Waals surface area contributed by atoms with Crippen molar-refractivity contribution in [3.05, 3.63) is 60.7 Å². The zero-order valence-corrected chi connectivity index (χ0v) is 7.02. The van der Waals surface area contributed by atoms with Crippen LogP contribution >= 0.6 is 0 Å². The van der Waals surface area contributed by atoms with E-state index in [0.717, 1.165) is 5.69 Å². The molecule has 0 aliphatic carbocycles. The van der Waals surface area contributed by atoms with Crippen LogP contribution in [0.3, 0.4) is 0 Å². The molecule has 1 nitrogen and oxygen atoms in total. The summed E-state index contributed by atoms with van der Waals surface area (Å²) in [5, 5.41) is 0. The van der Waals surface area contributed by atoms with E-state index < -0.39 is 0 Å². The summed E-state index contributed by atoms with van der Waals surface area (Å²) in [6.07, 6.45) is 3.85. The van der Waals surface area contributed by atoms with Crippen LogP contribution in [0.25, 0.3) is 5.69 Å². The molecule has 0 fully saturated rings. The summed E-state index contributed by atoms with van der Waals surface area (Å²) in [5.74, 6) is -0.208. The third kappa shape index (κ3) is 1.72. The van der Waals surface area contributed by atoms with Gasteiger partial charge in [0.15, 0.2) is 12.4 Å². The maximum atomic E-state index is 12.6. The van der Waals surface area contributed by atoms with E-state index in [1.54, 1.807) is 12.1 Å². The topological polar surface area (TPSA) is 3.88 Å². The molecule has 2 rings (SSSR count). The number of benzene rings is 1. The van der Waals surface area contributed by atoms with Crippen LogP contribution < -0.4 is 4.57 Å². The average Bonchev–Trinajstić information content (AvgIpc) is 2.20. The highest BCUT2D eigenvalue weighted by atomic mass is 19.1. The summed E-state index contributed by atoms with van der Waals surface area (Å²) in [6.45, 7) is 0. The van der Waals surface area contributed by atoms with Gasteiger partial charge in [-0.05, 0) is 12.1 Å². The molecule has 64 valence electrons. The van der Waals surface area contributed by atoms with E-state index in [2.05, 4.69) is 0 Å². The van der Waals surface area contributed by atoms with Crippen molar-refractivity contribution in [2.75, 3.05) is 0 Å². The quantitative estimate of drug-likeness (QED) is 0.583. The normalized spacial score (nSPS) is 9.92. The zero-order valence-electron chi connectivity index (χ0n) is 7.02. The van der Waals surface area contributed by atoms with Crippen molar-refractivity contribution in [3.63, 3.8) is 0 Å². The molecule has 0 aliphatic heterocycles. The Morgan fingerprint density at radius 2 is 1.46 bits per heavy atom. The lowest BCUT2D eigenvalue weighted by Gasteiger charge is -1.93. The molecule has 0 unspecified atom stereocenters.